The zero-order chi connectivity index (χ0) is 17.8. The monoisotopic (exact) mass is 342 g/mol. The molecule has 6 heteroatoms. The van der Waals surface area contributed by atoms with Crippen LogP contribution in [-0.2, 0) is 6.54 Å². The molecule has 1 aliphatic heterocycles. The van der Waals surface area contributed by atoms with Gasteiger partial charge in [0.1, 0.15) is 11.5 Å². The Balaban J connectivity index is 1.65. The van der Waals surface area contributed by atoms with Crippen LogP contribution in [0.1, 0.15) is 17.0 Å². The van der Waals surface area contributed by atoms with Gasteiger partial charge in [-0.05, 0) is 38.1 Å². The molecule has 0 N–H and O–H groups in total. The van der Waals surface area contributed by atoms with E-state index in [4.69, 9.17) is 9.47 Å². The highest BCUT2D eigenvalue weighted by atomic mass is 16.5. The molecule has 0 amide bonds. The first kappa shape index (κ1) is 17.5. The lowest BCUT2D eigenvalue weighted by Gasteiger charge is -2.35. The third kappa shape index (κ3) is 4.20. The van der Waals surface area contributed by atoms with E-state index in [0.29, 0.717) is 0 Å². The molecule has 0 radical (unpaired) electrons. The standard InChI is InChI=1S/C19H26N4O2/c1-14-11-15(2)21-19(20-14)23-9-7-22(8-10-23)13-16-12-17(24-3)5-6-18(16)25-4/h5-6,11-12H,7-10,13H2,1-4H3. The Morgan fingerprint density at radius 2 is 1.60 bits per heavy atom. The second-order valence-electron chi connectivity index (χ2n) is 6.39. The number of ether oxygens (including phenoxy) is 2. The van der Waals surface area contributed by atoms with E-state index in [-0.39, 0.29) is 0 Å². The third-order valence-corrected chi connectivity index (χ3v) is 4.51. The summed E-state index contributed by atoms with van der Waals surface area (Å²) >= 11 is 0. The summed E-state index contributed by atoms with van der Waals surface area (Å²) in [5.41, 5.74) is 3.19. The first-order valence-electron chi connectivity index (χ1n) is 8.59. The van der Waals surface area contributed by atoms with E-state index in [0.717, 1.165) is 67.1 Å². The number of methoxy groups -OCH3 is 2. The predicted octanol–water partition coefficient (Wildman–Crippen LogP) is 2.43. The molecule has 1 aromatic carbocycles. The number of nitrogens with zero attached hydrogens (tertiary/aromatic N) is 4. The maximum absolute atomic E-state index is 5.49. The smallest absolute Gasteiger partial charge is 0.225 e. The van der Waals surface area contributed by atoms with Gasteiger partial charge in [0.15, 0.2) is 0 Å². The molecule has 6 nitrogen and oxygen atoms in total. The number of piperazine rings is 1. The molecule has 0 aliphatic carbocycles. The Hall–Kier alpha value is -2.34. The third-order valence-electron chi connectivity index (χ3n) is 4.51. The molecule has 3 rings (SSSR count). The fraction of sp³-hybridized carbons (Fsp3) is 0.474. The first-order chi connectivity index (χ1) is 12.1. The summed E-state index contributed by atoms with van der Waals surface area (Å²) in [4.78, 5) is 13.8. The van der Waals surface area contributed by atoms with Crippen molar-refractivity contribution in [3.05, 3.63) is 41.2 Å². The van der Waals surface area contributed by atoms with Crippen LogP contribution in [0.3, 0.4) is 0 Å². The van der Waals surface area contributed by atoms with Crippen molar-refractivity contribution in [2.24, 2.45) is 0 Å². The van der Waals surface area contributed by atoms with E-state index in [1.54, 1.807) is 14.2 Å². The van der Waals surface area contributed by atoms with Gasteiger partial charge in [-0.15, -0.1) is 0 Å². The molecule has 1 aliphatic rings. The van der Waals surface area contributed by atoms with Gasteiger partial charge in [-0.1, -0.05) is 0 Å². The Morgan fingerprint density at radius 1 is 0.920 bits per heavy atom. The lowest BCUT2D eigenvalue weighted by Crippen LogP contribution is -2.46. The van der Waals surface area contributed by atoms with Crippen molar-refractivity contribution in [3.8, 4) is 11.5 Å². The van der Waals surface area contributed by atoms with Crippen LogP contribution in [0.25, 0.3) is 0 Å². The second-order valence-corrected chi connectivity index (χ2v) is 6.39. The Kier molecular flexibility index (Phi) is 5.38. The highest BCUT2D eigenvalue weighted by Crippen LogP contribution is 2.26. The van der Waals surface area contributed by atoms with Crippen molar-refractivity contribution in [2.75, 3.05) is 45.3 Å². The number of anilines is 1. The van der Waals surface area contributed by atoms with Gasteiger partial charge in [0.2, 0.25) is 5.95 Å². The summed E-state index contributed by atoms with van der Waals surface area (Å²) in [5, 5.41) is 0. The molecule has 134 valence electrons. The fourth-order valence-electron chi connectivity index (χ4n) is 3.20. The van der Waals surface area contributed by atoms with Crippen LogP contribution in [-0.4, -0.2) is 55.3 Å². The summed E-state index contributed by atoms with van der Waals surface area (Å²) in [5.74, 6) is 2.61. The van der Waals surface area contributed by atoms with Crippen LogP contribution in [0, 0.1) is 13.8 Å². The zero-order valence-electron chi connectivity index (χ0n) is 15.5. The fourth-order valence-corrected chi connectivity index (χ4v) is 3.20. The van der Waals surface area contributed by atoms with E-state index in [1.807, 2.05) is 32.0 Å². The van der Waals surface area contributed by atoms with Crippen molar-refractivity contribution in [1.82, 2.24) is 14.9 Å². The number of aryl methyl sites for hydroxylation is 2. The molecule has 0 unspecified atom stereocenters. The average molecular weight is 342 g/mol. The van der Waals surface area contributed by atoms with Gasteiger partial charge < -0.3 is 14.4 Å². The summed E-state index contributed by atoms with van der Waals surface area (Å²) < 4.78 is 10.8. The molecule has 2 aromatic rings. The number of hydrogen-bond donors (Lipinski definition) is 0. The van der Waals surface area contributed by atoms with E-state index in [9.17, 15) is 0 Å². The molecular formula is C19H26N4O2. The predicted molar refractivity (Wildman–Crippen MR) is 98.5 cm³/mol. The van der Waals surface area contributed by atoms with Gasteiger partial charge in [-0.2, -0.15) is 0 Å². The molecule has 1 saturated heterocycles. The van der Waals surface area contributed by atoms with Gasteiger partial charge in [0.05, 0.1) is 14.2 Å². The highest BCUT2D eigenvalue weighted by Gasteiger charge is 2.20. The van der Waals surface area contributed by atoms with Gasteiger partial charge >= 0.3 is 0 Å². The number of aromatic nitrogens is 2. The molecule has 25 heavy (non-hydrogen) atoms. The molecule has 1 fully saturated rings. The highest BCUT2D eigenvalue weighted by molar-refractivity contribution is 5.40. The largest absolute Gasteiger partial charge is 0.497 e. The summed E-state index contributed by atoms with van der Waals surface area (Å²) in [7, 11) is 3.40. The topological polar surface area (TPSA) is 50.7 Å². The minimum absolute atomic E-state index is 0.844. The van der Waals surface area contributed by atoms with Crippen LogP contribution in [0.2, 0.25) is 0 Å². The van der Waals surface area contributed by atoms with Crippen molar-refractivity contribution in [2.45, 2.75) is 20.4 Å². The van der Waals surface area contributed by atoms with Crippen LogP contribution in [0.4, 0.5) is 5.95 Å². The van der Waals surface area contributed by atoms with Crippen molar-refractivity contribution >= 4 is 5.95 Å². The maximum Gasteiger partial charge on any atom is 0.225 e. The zero-order valence-corrected chi connectivity index (χ0v) is 15.5. The van der Waals surface area contributed by atoms with Crippen LogP contribution in [0.5, 0.6) is 11.5 Å². The van der Waals surface area contributed by atoms with E-state index in [2.05, 4.69) is 25.8 Å². The summed E-state index contributed by atoms with van der Waals surface area (Å²) in [6, 6.07) is 7.96. The van der Waals surface area contributed by atoms with Crippen LogP contribution in [0.15, 0.2) is 24.3 Å². The Labute approximate surface area is 149 Å². The number of hydrogen-bond acceptors (Lipinski definition) is 6. The van der Waals surface area contributed by atoms with E-state index in [1.165, 1.54) is 0 Å². The molecule has 2 heterocycles. The Bertz CT molecular complexity index is 707. The summed E-state index contributed by atoms with van der Waals surface area (Å²) in [6.07, 6.45) is 0. The van der Waals surface area contributed by atoms with Crippen molar-refractivity contribution < 1.29 is 9.47 Å². The molecule has 1 aromatic heterocycles. The normalized spacial score (nSPS) is 15.3. The van der Waals surface area contributed by atoms with Gasteiger partial charge in [0.25, 0.3) is 0 Å². The Morgan fingerprint density at radius 3 is 2.20 bits per heavy atom. The van der Waals surface area contributed by atoms with E-state index >= 15 is 0 Å². The van der Waals surface area contributed by atoms with Crippen LogP contribution >= 0.6 is 0 Å². The quantitative estimate of drug-likeness (QED) is 0.832. The number of benzene rings is 1. The number of rotatable bonds is 5. The first-order valence-corrected chi connectivity index (χ1v) is 8.59. The van der Waals surface area contributed by atoms with Gasteiger partial charge in [-0.3, -0.25) is 4.90 Å². The average Bonchev–Trinajstić information content (AvgIpc) is 2.61. The minimum Gasteiger partial charge on any atom is -0.497 e. The summed E-state index contributed by atoms with van der Waals surface area (Å²) in [6.45, 7) is 8.67. The lowest BCUT2D eigenvalue weighted by atomic mass is 10.1. The van der Waals surface area contributed by atoms with E-state index < -0.39 is 0 Å². The van der Waals surface area contributed by atoms with Gasteiger partial charge in [-0.25, -0.2) is 9.97 Å². The molecule has 0 atom stereocenters. The molecule has 0 saturated carbocycles. The minimum atomic E-state index is 0.844. The van der Waals surface area contributed by atoms with Crippen molar-refractivity contribution in [1.29, 1.82) is 0 Å². The molecular weight excluding hydrogens is 316 g/mol. The maximum atomic E-state index is 5.49. The molecule has 0 spiro atoms. The van der Waals surface area contributed by atoms with Crippen LogP contribution < -0.4 is 14.4 Å². The second kappa shape index (κ2) is 7.70. The lowest BCUT2D eigenvalue weighted by molar-refractivity contribution is 0.244. The van der Waals surface area contributed by atoms with Crippen molar-refractivity contribution in [3.63, 3.8) is 0 Å². The molecule has 0 bridgehead atoms. The SMILES string of the molecule is COc1ccc(OC)c(CN2CCN(c3nc(C)cc(C)n3)CC2)c1. The van der Waals surface area contributed by atoms with Gasteiger partial charge in [0, 0.05) is 49.7 Å².